The molecule has 0 saturated carbocycles. The van der Waals surface area contributed by atoms with Gasteiger partial charge in [0.2, 0.25) is 0 Å². The molecule has 0 radical (unpaired) electrons. The maximum atomic E-state index is 11.2. The van der Waals surface area contributed by atoms with E-state index in [9.17, 15) is 4.79 Å². The fraction of sp³-hybridized carbons (Fsp3) is 0.562. The number of nitrogens with zero attached hydrogens (tertiary/aromatic N) is 4. The number of primary amides is 1. The van der Waals surface area contributed by atoms with E-state index in [0.717, 1.165) is 44.3 Å². The Balaban J connectivity index is 1.34. The number of hydrogen-bond acceptors (Lipinski definition) is 7. The van der Waals surface area contributed by atoms with Gasteiger partial charge in [-0.15, -0.1) is 22.7 Å². The molecular weight excluding hydrogens is 342 g/mol. The lowest BCUT2D eigenvalue weighted by Gasteiger charge is -2.34. The average molecular weight is 364 g/mol. The van der Waals surface area contributed by atoms with Gasteiger partial charge in [0.15, 0.2) is 5.13 Å². The summed E-state index contributed by atoms with van der Waals surface area (Å²) in [6, 6.07) is 0. The lowest BCUT2D eigenvalue weighted by Crippen LogP contribution is -2.46. The van der Waals surface area contributed by atoms with Crippen LogP contribution in [0.5, 0.6) is 0 Å². The number of fused-ring (bicyclic) bond motifs is 1. The second-order valence-electron chi connectivity index (χ2n) is 6.33. The molecule has 128 valence electrons. The predicted molar refractivity (Wildman–Crippen MR) is 96.9 cm³/mol. The van der Waals surface area contributed by atoms with Gasteiger partial charge in [-0.1, -0.05) is 0 Å². The van der Waals surface area contributed by atoms with Crippen LogP contribution in [0.4, 0.5) is 5.13 Å². The van der Waals surface area contributed by atoms with Crippen molar-refractivity contribution in [2.24, 2.45) is 5.73 Å². The molecule has 3 heterocycles. The monoisotopic (exact) mass is 363 g/mol. The molecule has 1 aliphatic heterocycles. The molecule has 2 aromatic rings. The highest BCUT2D eigenvalue weighted by Gasteiger charge is 2.22. The molecule has 8 heteroatoms. The summed E-state index contributed by atoms with van der Waals surface area (Å²) in [4.78, 5) is 26.6. The van der Waals surface area contributed by atoms with Gasteiger partial charge in [-0.05, 0) is 25.7 Å². The first kappa shape index (κ1) is 16.0. The molecule has 24 heavy (non-hydrogen) atoms. The lowest BCUT2D eigenvalue weighted by molar-refractivity contribution is 0.0996. The van der Waals surface area contributed by atoms with Crippen molar-refractivity contribution < 1.29 is 4.79 Å². The number of hydrogen-bond donors (Lipinski definition) is 1. The van der Waals surface area contributed by atoms with Crippen LogP contribution in [0.1, 0.15) is 38.9 Å². The van der Waals surface area contributed by atoms with E-state index in [1.54, 1.807) is 5.38 Å². The van der Waals surface area contributed by atoms with Gasteiger partial charge >= 0.3 is 0 Å². The summed E-state index contributed by atoms with van der Waals surface area (Å²) < 4.78 is 0. The Morgan fingerprint density at radius 2 is 1.96 bits per heavy atom. The number of thiazole rings is 2. The fourth-order valence-corrected chi connectivity index (χ4v) is 5.35. The third kappa shape index (κ3) is 3.31. The van der Waals surface area contributed by atoms with Crippen molar-refractivity contribution in [3.8, 4) is 0 Å². The zero-order valence-corrected chi connectivity index (χ0v) is 15.2. The highest BCUT2D eigenvalue weighted by atomic mass is 32.1. The van der Waals surface area contributed by atoms with Gasteiger partial charge in [0.05, 0.1) is 12.2 Å². The van der Waals surface area contributed by atoms with Crippen LogP contribution in [0.15, 0.2) is 5.38 Å². The maximum Gasteiger partial charge on any atom is 0.268 e. The molecule has 2 aliphatic rings. The molecule has 0 atom stereocenters. The van der Waals surface area contributed by atoms with Crippen LogP contribution in [0.25, 0.3) is 0 Å². The minimum atomic E-state index is -0.455. The molecule has 2 aromatic heterocycles. The summed E-state index contributed by atoms with van der Waals surface area (Å²) in [5.74, 6) is -0.455. The van der Waals surface area contributed by atoms with Gasteiger partial charge in [-0.25, -0.2) is 9.97 Å². The van der Waals surface area contributed by atoms with E-state index in [1.807, 2.05) is 11.3 Å². The molecule has 2 N–H and O–H groups in total. The normalized spacial score (nSPS) is 18.6. The Labute approximate surface area is 149 Å². The van der Waals surface area contributed by atoms with Crippen molar-refractivity contribution >= 4 is 33.7 Å². The smallest absolute Gasteiger partial charge is 0.268 e. The van der Waals surface area contributed by atoms with Gasteiger partial charge in [0.25, 0.3) is 5.91 Å². The minimum absolute atomic E-state index is 0.366. The topological polar surface area (TPSA) is 75.4 Å². The summed E-state index contributed by atoms with van der Waals surface area (Å²) >= 11 is 3.40. The number of amides is 1. The standard InChI is InChI=1S/C16H21N5OS2/c17-15(22)12-10-23-16(19-12)21-7-5-20(6-8-21)9-14-18-11-3-1-2-4-13(11)24-14/h10H,1-9H2,(H2,17,22). The average Bonchev–Trinajstić information content (AvgIpc) is 3.22. The summed E-state index contributed by atoms with van der Waals surface area (Å²) in [6.07, 6.45) is 4.98. The number of piperazine rings is 1. The van der Waals surface area contributed by atoms with Crippen molar-refractivity contribution in [3.63, 3.8) is 0 Å². The number of anilines is 1. The molecule has 6 nitrogen and oxygen atoms in total. The van der Waals surface area contributed by atoms with Crippen molar-refractivity contribution in [2.45, 2.75) is 32.2 Å². The summed E-state index contributed by atoms with van der Waals surface area (Å²) in [7, 11) is 0. The van der Waals surface area contributed by atoms with E-state index in [0.29, 0.717) is 5.69 Å². The lowest BCUT2D eigenvalue weighted by atomic mass is 10.0. The van der Waals surface area contributed by atoms with Crippen LogP contribution in [-0.4, -0.2) is 47.0 Å². The zero-order valence-electron chi connectivity index (χ0n) is 13.5. The van der Waals surface area contributed by atoms with Crippen LogP contribution < -0.4 is 10.6 Å². The fourth-order valence-electron chi connectivity index (χ4n) is 3.28. The first-order valence-electron chi connectivity index (χ1n) is 8.39. The van der Waals surface area contributed by atoms with Crippen LogP contribution in [-0.2, 0) is 19.4 Å². The molecule has 1 aliphatic carbocycles. The summed E-state index contributed by atoms with van der Waals surface area (Å²) in [5.41, 5.74) is 6.99. The molecule has 0 spiro atoms. The second kappa shape index (κ2) is 6.78. The van der Waals surface area contributed by atoms with E-state index < -0.39 is 5.91 Å². The number of carbonyl (C=O) groups excluding carboxylic acids is 1. The largest absolute Gasteiger partial charge is 0.364 e. The molecule has 0 unspecified atom stereocenters. The predicted octanol–water partition coefficient (Wildman–Crippen LogP) is 1.90. The highest BCUT2D eigenvalue weighted by Crippen LogP contribution is 2.28. The Hall–Kier alpha value is -1.51. The van der Waals surface area contributed by atoms with Crippen LogP contribution in [0.2, 0.25) is 0 Å². The van der Waals surface area contributed by atoms with Crippen LogP contribution in [0, 0.1) is 0 Å². The molecular formula is C16H21N5OS2. The molecule has 1 saturated heterocycles. The van der Waals surface area contributed by atoms with E-state index in [-0.39, 0.29) is 0 Å². The summed E-state index contributed by atoms with van der Waals surface area (Å²) in [6.45, 7) is 4.80. The number of aryl methyl sites for hydroxylation is 2. The first-order chi connectivity index (χ1) is 11.7. The maximum absolute atomic E-state index is 11.2. The van der Waals surface area contributed by atoms with Crippen molar-refractivity contribution in [1.29, 1.82) is 0 Å². The Morgan fingerprint density at radius 3 is 2.67 bits per heavy atom. The van der Waals surface area contributed by atoms with Gasteiger partial charge in [-0.3, -0.25) is 9.69 Å². The van der Waals surface area contributed by atoms with Crippen LogP contribution in [0.3, 0.4) is 0 Å². The minimum Gasteiger partial charge on any atom is -0.364 e. The number of carbonyl (C=O) groups is 1. The molecule has 0 bridgehead atoms. The van der Waals surface area contributed by atoms with Gasteiger partial charge in [0, 0.05) is 36.4 Å². The van der Waals surface area contributed by atoms with E-state index in [1.165, 1.54) is 46.2 Å². The Morgan fingerprint density at radius 1 is 1.17 bits per heavy atom. The van der Waals surface area contributed by atoms with E-state index in [4.69, 9.17) is 10.7 Å². The van der Waals surface area contributed by atoms with Gasteiger partial charge in [0.1, 0.15) is 10.7 Å². The third-order valence-corrected chi connectivity index (χ3v) is 6.68. The van der Waals surface area contributed by atoms with Crippen molar-refractivity contribution in [3.05, 3.63) is 26.7 Å². The summed E-state index contributed by atoms with van der Waals surface area (Å²) in [5, 5.41) is 3.90. The highest BCUT2D eigenvalue weighted by molar-refractivity contribution is 7.14. The van der Waals surface area contributed by atoms with Crippen LogP contribution >= 0.6 is 22.7 Å². The second-order valence-corrected chi connectivity index (χ2v) is 8.33. The molecule has 4 rings (SSSR count). The molecule has 1 amide bonds. The quantitative estimate of drug-likeness (QED) is 0.898. The first-order valence-corrected chi connectivity index (χ1v) is 10.1. The number of nitrogens with two attached hydrogens (primary N) is 1. The Kier molecular flexibility index (Phi) is 4.51. The van der Waals surface area contributed by atoms with Gasteiger partial charge in [-0.2, -0.15) is 0 Å². The van der Waals surface area contributed by atoms with Crippen molar-refractivity contribution in [1.82, 2.24) is 14.9 Å². The molecule has 1 fully saturated rings. The molecule has 0 aromatic carbocycles. The van der Waals surface area contributed by atoms with Gasteiger partial charge < -0.3 is 10.6 Å². The van der Waals surface area contributed by atoms with E-state index in [2.05, 4.69) is 14.8 Å². The number of rotatable bonds is 4. The number of aromatic nitrogens is 2. The van der Waals surface area contributed by atoms with E-state index >= 15 is 0 Å². The third-order valence-electron chi connectivity index (χ3n) is 4.64. The van der Waals surface area contributed by atoms with Crippen molar-refractivity contribution in [2.75, 3.05) is 31.1 Å². The SMILES string of the molecule is NC(=O)c1csc(N2CCN(Cc3nc4c(s3)CCCC4)CC2)n1. The zero-order chi connectivity index (χ0) is 16.5. The Bertz CT molecular complexity index is 709.